The lowest BCUT2D eigenvalue weighted by Gasteiger charge is -2.39. The van der Waals surface area contributed by atoms with Crippen LogP contribution >= 0.6 is 0 Å². The molecular weight excluding hydrogens is 797 g/mol. The van der Waals surface area contributed by atoms with Gasteiger partial charge >= 0.3 is 11.9 Å². The van der Waals surface area contributed by atoms with Crippen molar-refractivity contribution in [3.63, 3.8) is 0 Å². The Morgan fingerprint density at radius 1 is 0.492 bits per heavy atom. The number of carbonyl (C=O) groups is 2. The van der Waals surface area contributed by atoms with E-state index in [1.165, 1.54) is 135 Å². The molecule has 0 spiro atoms. The van der Waals surface area contributed by atoms with Crippen molar-refractivity contribution in [3.8, 4) is 0 Å². The van der Waals surface area contributed by atoms with Crippen LogP contribution in [0.1, 0.15) is 219 Å². The highest BCUT2D eigenvalue weighted by Crippen LogP contribution is 2.23. The molecule has 0 aliphatic carbocycles. The van der Waals surface area contributed by atoms with Crippen molar-refractivity contribution in [1.82, 2.24) is 0 Å². The summed E-state index contributed by atoms with van der Waals surface area (Å²) < 4.78 is 22.2. The third-order valence-electron chi connectivity index (χ3n) is 11.7. The quantitative estimate of drug-likeness (QED) is 0.0264. The number of unbranched alkanes of at least 4 members (excludes halogenated alkanes) is 24. The molecule has 0 saturated carbocycles. The molecule has 0 radical (unpaired) electrons. The second kappa shape index (κ2) is 43.5. The summed E-state index contributed by atoms with van der Waals surface area (Å²) >= 11 is 0. The van der Waals surface area contributed by atoms with E-state index in [0.717, 1.165) is 44.9 Å². The van der Waals surface area contributed by atoms with Crippen molar-refractivity contribution in [3.05, 3.63) is 48.6 Å². The van der Waals surface area contributed by atoms with Crippen LogP contribution in [0.4, 0.5) is 0 Å². The number of allylic oxidation sites excluding steroid dienone is 8. The third kappa shape index (κ3) is 34.6. The Labute approximate surface area is 384 Å². The molecule has 0 amide bonds. The fourth-order valence-corrected chi connectivity index (χ4v) is 7.65. The summed E-state index contributed by atoms with van der Waals surface area (Å²) in [6, 6.07) is 0. The summed E-state index contributed by atoms with van der Waals surface area (Å²) in [7, 11) is 0. The SMILES string of the molecule is CCCCC/C=C/C/C=C/C/C=C/C/C=C/CCCC(=O)O[C@@H](COC(=O)CCCCCCCCCCCCCCCCCCCCCCC)CO[C@H]1O[C@@H](CO)[C@@H](O)C(O)C1O. The van der Waals surface area contributed by atoms with Gasteiger partial charge in [-0.15, -0.1) is 0 Å². The molecule has 10 nitrogen and oxygen atoms in total. The van der Waals surface area contributed by atoms with Crippen LogP contribution in [0.15, 0.2) is 48.6 Å². The van der Waals surface area contributed by atoms with E-state index < -0.39 is 49.4 Å². The highest BCUT2D eigenvalue weighted by molar-refractivity contribution is 5.70. The summed E-state index contributed by atoms with van der Waals surface area (Å²) in [5.74, 6) is -0.865. The summed E-state index contributed by atoms with van der Waals surface area (Å²) in [6.45, 7) is 3.37. The van der Waals surface area contributed by atoms with Crippen LogP contribution < -0.4 is 0 Å². The van der Waals surface area contributed by atoms with Gasteiger partial charge in [0.1, 0.15) is 31.0 Å². The average Bonchev–Trinajstić information content (AvgIpc) is 3.28. The van der Waals surface area contributed by atoms with Gasteiger partial charge in [0, 0.05) is 12.8 Å². The first-order chi connectivity index (χ1) is 30.8. The van der Waals surface area contributed by atoms with Gasteiger partial charge in [0.2, 0.25) is 0 Å². The van der Waals surface area contributed by atoms with Gasteiger partial charge in [0.15, 0.2) is 12.4 Å². The number of ether oxygens (including phenoxy) is 4. The van der Waals surface area contributed by atoms with Gasteiger partial charge in [-0.25, -0.2) is 0 Å². The number of hydrogen-bond donors (Lipinski definition) is 4. The third-order valence-corrected chi connectivity index (χ3v) is 11.7. The molecule has 1 aliphatic rings. The minimum Gasteiger partial charge on any atom is -0.462 e. The summed E-state index contributed by atoms with van der Waals surface area (Å²) in [5, 5.41) is 40.2. The number of carbonyl (C=O) groups excluding carboxylic acids is 2. The first-order valence-electron chi connectivity index (χ1n) is 25.7. The summed E-state index contributed by atoms with van der Waals surface area (Å²) in [4.78, 5) is 25.4. The van der Waals surface area contributed by atoms with Crippen molar-refractivity contribution >= 4 is 11.9 Å². The van der Waals surface area contributed by atoms with E-state index >= 15 is 0 Å². The fourth-order valence-electron chi connectivity index (χ4n) is 7.65. The molecule has 366 valence electrons. The normalized spacial score (nSPS) is 19.9. The first-order valence-corrected chi connectivity index (χ1v) is 25.7. The number of aliphatic hydroxyl groups excluding tert-OH is 4. The molecule has 0 aromatic heterocycles. The zero-order valence-electron chi connectivity index (χ0n) is 40.1. The first kappa shape index (κ1) is 58.7. The molecule has 1 saturated heterocycles. The van der Waals surface area contributed by atoms with Crippen LogP contribution in [0.2, 0.25) is 0 Å². The Hall–Kier alpha value is -2.34. The maximum atomic E-state index is 12.8. The second-order valence-electron chi connectivity index (χ2n) is 17.6. The molecule has 2 unspecified atom stereocenters. The van der Waals surface area contributed by atoms with Crippen molar-refractivity contribution in [1.29, 1.82) is 0 Å². The number of rotatable bonds is 43. The topological polar surface area (TPSA) is 152 Å². The van der Waals surface area contributed by atoms with E-state index in [0.29, 0.717) is 12.8 Å². The standard InChI is InChI=1S/C53H94O10/c1-3-5-7-9-11-13-15-17-19-21-22-23-24-26-27-29-31-33-35-37-39-41-48(55)60-44-46(45-61-53-52(59)51(58)50(57)47(43-54)63-53)62-49(56)42-40-38-36-34-32-30-28-25-20-18-16-14-12-10-8-6-4-2/h12,14,18,20,28,30,34,36,46-47,50-54,57-59H,3-11,13,15-17,19,21-27,29,31-33,35,37-45H2,1-2H3/b14-12+,20-18+,30-28+,36-34+/t46-,47-,50+,51?,52?,53-/m0/s1. The van der Waals surface area contributed by atoms with Crippen molar-refractivity contribution in [2.24, 2.45) is 0 Å². The molecule has 63 heavy (non-hydrogen) atoms. The Kier molecular flexibility index (Phi) is 40.6. The van der Waals surface area contributed by atoms with E-state index in [4.69, 9.17) is 18.9 Å². The molecule has 0 bridgehead atoms. The van der Waals surface area contributed by atoms with Gasteiger partial charge < -0.3 is 39.4 Å². The van der Waals surface area contributed by atoms with Crippen LogP contribution in [0.25, 0.3) is 0 Å². The minimum absolute atomic E-state index is 0.155. The smallest absolute Gasteiger partial charge is 0.306 e. The Bertz CT molecular complexity index is 1170. The molecule has 10 heteroatoms. The van der Waals surface area contributed by atoms with Gasteiger partial charge in [-0.2, -0.15) is 0 Å². The average molecular weight is 891 g/mol. The lowest BCUT2D eigenvalue weighted by Crippen LogP contribution is -2.59. The van der Waals surface area contributed by atoms with E-state index in [-0.39, 0.29) is 32.0 Å². The minimum atomic E-state index is -1.61. The summed E-state index contributed by atoms with van der Waals surface area (Å²) in [5.41, 5.74) is 0. The van der Waals surface area contributed by atoms with Crippen LogP contribution in [0, 0.1) is 0 Å². The molecular formula is C53H94O10. The lowest BCUT2D eigenvalue weighted by atomic mass is 9.99. The van der Waals surface area contributed by atoms with E-state index in [9.17, 15) is 30.0 Å². The second-order valence-corrected chi connectivity index (χ2v) is 17.6. The fraction of sp³-hybridized carbons (Fsp3) is 0.811. The predicted molar refractivity (Wildman–Crippen MR) is 256 cm³/mol. The van der Waals surface area contributed by atoms with Gasteiger partial charge in [0.05, 0.1) is 13.2 Å². The molecule has 6 atom stereocenters. The van der Waals surface area contributed by atoms with E-state index in [1.54, 1.807) is 0 Å². The molecule has 1 aliphatic heterocycles. The Morgan fingerprint density at radius 3 is 1.38 bits per heavy atom. The van der Waals surface area contributed by atoms with Crippen LogP contribution in [0.3, 0.4) is 0 Å². The predicted octanol–water partition coefficient (Wildman–Crippen LogP) is 12.0. The molecule has 1 rings (SSSR count). The number of hydrogen-bond acceptors (Lipinski definition) is 10. The molecule has 4 N–H and O–H groups in total. The van der Waals surface area contributed by atoms with Crippen LogP contribution in [0.5, 0.6) is 0 Å². The van der Waals surface area contributed by atoms with Crippen LogP contribution in [-0.2, 0) is 28.5 Å². The molecule has 0 aromatic rings. The zero-order chi connectivity index (χ0) is 45.9. The number of esters is 2. The zero-order valence-corrected chi connectivity index (χ0v) is 40.1. The van der Waals surface area contributed by atoms with Gasteiger partial charge in [-0.05, 0) is 51.4 Å². The van der Waals surface area contributed by atoms with Gasteiger partial charge in [-0.3, -0.25) is 9.59 Å². The maximum absolute atomic E-state index is 12.8. The van der Waals surface area contributed by atoms with Gasteiger partial charge in [0.25, 0.3) is 0 Å². The Morgan fingerprint density at radius 2 is 0.905 bits per heavy atom. The largest absolute Gasteiger partial charge is 0.462 e. The summed E-state index contributed by atoms with van der Waals surface area (Å²) in [6.07, 6.45) is 45.6. The van der Waals surface area contributed by atoms with E-state index in [1.807, 2.05) is 6.08 Å². The molecule has 1 heterocycles. The monoisotopic (exact) mass is 891 g/mol. The number of aliphatic hydroxyl groups is 4. The van der Waals surface area contributed by atoms with Crippen LogP contribution in [-0.4, -0.2) is 89.0 Å². The van der Waals surface area contributed by atoms with Crippen molar-refractivity contribution < 1.29 is 49.0 Å². The molecule has 0 aromatic carbocycles. The highest BCUT2D eigenvalue weighted by atomic mass is 16.7. The maximum Gasteiger partial charge on any atom is 0.306 e. The Balaban J connectivity index is 2.28. The van der Waals surface area contributed by atoms with Crippen molar-refractivity contribution in [2.45, 2.75) is 256 Å². The van der Waals surface area contributed by atoms with E-state index in [2.05, 4.69) is 56.4 Å². The van der Waals surface area contributed by atoms with Gasteiger partial charge in [-0.1, -0.05) is 204 Å². The van der Waals surface area contributed by atoms with Crippen molar-refractivity contribution in [2.75, 3.05) is 19.8 Å². The highest BCUT2D eigenvalue weighted by Gasteiger charge is 2.44. The lowest BCUT2D eigenvalue weighted by molar-refractivity contribution is -0.305. The molecule has 1 fully saturated rings.